The summed E-state index contributed by atoms with van der Waals surface area (Å²) in [7, 11) is -3.62. The molecule has 134 valence electrons. The first-order chi connectivity index (χ1) is 12.1. The quantitative estimate of drug-likeness (QED) is 0.711. The summed E-state index contributed by atoms with van der Waals surface area (Å²) in [6, 6.07) is 12.1. The molecule has 3 rings (SSSR count). The van der Waals surface area contributed by atoms with Crippen molar-refractivity contribution in [2.75, 3.05) is 11.5 Å². The Hall–Kier alpha value is -2.21. The molecule has 2 aromatic rings. The Labute approximate surface area is 149 Å². The molecule has 0 fully saturated rings. The molecular weight excluding hydrogens is 338 g/mol. The third-order valence-corrected chi connectivity index (χ3v) is 5.57. The maximum Gasteiger partial charge on any atom is 0.261 e. The number of ether oxygens (including phenoxy) is 2. The van der Waals surface area contributed by atoms with E-state index in [2.05, 4.69) is 11.6 Å². The maximum atomic E-state index is 12.5. The van der Waals surface area contributed by atoms with E-state index in [1.807, 2.05) is 12.1 Å². The number of anilines is 1. The van der Waals surface area contributed by atoms with Crippen LogP contribution in [0.2, 0.25) is 0 Å². The summed E-state index contributed by atoms with van der Waals surface area (Å²) in [6.07, 6.45) is 5.78. The molecule has 0 saturated carbocycles. The number of unbranched alkanes of at least 4 members (excludes halogenated alkanes) is 3. The third-order valence-electron chi connectivity index (χ3n) is 4.18. The van der Waals surface area contributed by atoms with E-state index in [1.165, 1.54) is 19.3 Å². The SMILES string of the molecule is CCCCCCc1ccc(S(=O)(=O)Nc2ccc3c(c2)OCO3)cc1. The normalized spacial score (nSPS) is 13.0. The Morgan fingerprint density at radius 3 is 2.48 bits per heavy atom. The number of aryl methyl sites for hydroxylation is 1. The van der Waals surface area contributed by atoms with Crippen LogP contribution in [0.25, 0.3) is 0 Å². The van der Waals surface area contributed by atoms with Gasteiger partial charge in [0, 0.05) is 6.07 Å². The van der Waals surface area contributed by atoms with Gasteiger partial charge in [0.2, 0.25) is 6.79 Å². The fourth-order valence-electron chi connectivity index (χ4n) is 2.77. The van der Waals surface area contributed by atoms with Crippen LogP contribution in [0, 0.1) is 0 Å². The van der Waals surface area contributed by atoms with Gasteiger partial charge in [-0.1, -0.05) is 38.3 Å². The minimum Gasteiger partial charge on any atom is -0.454 e. The lowest BCUT2D eigenvalue weighted by Gasteiger charge is -2.09. The predicted molar refractivity (Wildman–Crippen MR) is 97.7 cm³/mol. The van der Waals surface area contributed by atoms with Crippen molar-refractivity contribution < 1.29 is 17.9 Å². The minimum absolute atomic E-state index is 0.158. The van der Waals surface area contributed by atoms with E-state index >= 15 is 0 Å². The number of hydrogen-bond acceptors (Lipinski definition) is 4. The molecule has 25 heavy (non-hydrogen) atoms. The van der Waals surface area contributed by atoms with Gasteiger partial charge in [-0.15, -0.1) is 0 Å². The van der Waals surface area contributed by atoms with E-state index in [4.69, 9.17) is 9.47 Å². The van der Waals surface area contributed by atoms with Crippen molar-refractivity contribution in [2.24, 2.45) is 0 Å². The molecular formula is C19H23NO4S. The molecule has 0 radical (unpaired) electrons. The molecule has 1 N–H and O–H groups in total. The topological polar surface area (TPSA) is 64.6 Å². The van der Waals surface area contributed by atoms with Gasteiger partial charge in [-0.05, 0) is 42.7 Å². The second-order valence-corrected chi connectivity index (χ2v) is 7.81. The highest BCUT2D eigenvalue weighted by Gasteiger charge is 2.18. The molecule has 6 heteroatoms. The van der Waals surface area contributed by atoms with Gasteiger partial charge in [-0.3, -0.25) is 4.72 Å². The summed E-state index contributed by atoms with van der Waals surface area (Å²) < 4.78 is 38.1. The number of nitrogens with one attached hydrogen (secondary N) is 1. The second-order valence-electron chi connectivity index (χ2n) is 6.13. The first kappa shape index (κ1) is 17.6. The molecule has 0 aliphatic carbocycles. The van der Waals surface area contributed by atoms with Gasteiger partial charge < -0.3 is 9.47 Å². The number of sulfonamides is 1. The van der Waals surface area contributed by atoms with Crippen LogP contribution in [0.5, 0.6) is 11.5 Å². The summed E-state index contributed by atoms with van der Waals surface area (Å²) in [5.41, 5.74) is 1.62. The van der Waals surface area contributed by atoms with Crippen LogP contribution < -0.4 is 14.2 Å². The molecule has 0 atom stereocenters. The largest absolute Gasteiger partial charge is 0.454 e. The average molecular weight is 361 g/mol. The Morgan fingerprint density at radius 1 is 0.960 bits per heavy atom. The Bertz CT molecular complexity index is 816. The minimum atomic E-state index is -3.62. The predicted octanol–water partition coefficient (Wildman–Crippen LogP) is 4.34. The average Bonchev–Trinajstić information content (AvgIpc) is 3.06. The summed E-state index contributed by atoms with van der Waals surface area (Å²) in [5.74, 6) is 1.16. The number of fused-ring (bicyclic) bond motifs is 1. The van der Waals surface area contributed by atoms with Crippen LogP contribution in [-0.4, -0.2) is 15.2 Å². The maximum absolute atomic E-state index is 12.5. The van der Waals surface area contributed by atoms with Gasteiger partial charge in [0.15, 0.2) is 11.5 Å². The van der Waals surface area contributed by atoms with E-state index < -0.39 is 10.0 Å². The zero-order valence-corrected chi connectivity index (χ0v) is 15.1. The summed E-state index contributed by atoms with van der Waals surface area (Å²) in [5, 5.41) is 0. The van der Waals surface area contributed by atoms with Crippen LogP contribution in [-0.2, 0) is 16.4 Å². The Morgan fingerprint density at radius 2 is 1.72 bits per heavy atom. The highest BCUT2D eigenvalue weighted by molar-refractivity contribution is 7.92. The molecule has 2 aromatic carbocycles. The van der Waals surface area contributed by atoms with E-state index in [0.29, 0.717) is 17.2 Å². The van der Waals surface area contributed by atoms with Crippen molar-refractivity contribution in [3.8, 4) is 11.5 Å². The third kappa shape index (κ3) is 4.45. The van der Waals surface area contributed by atoms with Crippen LogP contribution in [0.4, 0.5) is 5.69 Å². The van der Waals surface area contributed by atoms with Crippen molar-refractivity contribution in [1.82, 2.24) is 0 Å². The van der Waals surface area contributed by atoms with Crippen molar-refractivity contribution in [3.05, 3.63) is 48.0 Å². The molecule has 0 bridgehead atoms. The zero-order chi connectivity index (χ0) is 17.7. The van der Waals surface area contributed by atoms with Crippen LogP contribution in [0.15, 0.2) is 47.4 Å². The first-order valence-corrected chi connectivity index (χ1v) is 10.1. The molecule has 5 nitrogen and oxygen atoms in total. The fraction of sp³-hybridized carbons (Fsp3) is 0.368. The lowest BCUT2D eigenvalue weighted by atomic mass is 10.1. The molecule has 1 aliphatic heterocycles. The van der Waals surface area contributed by atoms with Gasteiger partial charge >= 0.3 is 0 Å². The monoisotopic (exact) mass is 361 g/mol. The van der Waals surface area contributed by atoms with E-state index in [9.17, 15) is 8.42 Å². The molecule has 0 spiro atoms. The number of rotatable bonds is 8. The molecule has 0 unspecified atom stereocenters. The summed E-state index contributed by atoms with van der Waals surface area (Å²) in [4.78, 5) is 0.252. The van der Waals surface area contributed by atoms with Crippen molar-refractivity contribution >= 4 is 15.7 Å². The molecule has 0 amide bonds. The van der Waals surface area contributed by atoms with Gasteiger partial charge in [-0.2, -0.15) is 0 Å². The van der Waals surface area contributed by atoms with Gasteiger partial charge in [-0.25, -0.2) is 8.42 Å². The highest BCUT2D eigenvalue weighted by Crippen LogP contribution is 2.34. The van der Waals surface area contributed by atoms with E-state index in [1.54, 1.807) is 30.3 Å². The highest BCUT2D eigenvalue weighted by atomic mass is 32.2. The van der Waals surface area contributed by atoms with Crippen LogP contribution in [0.3, 0.4) is 0 Å². The second kappa shape index (κ2) is 7.78. The molecule has 0 saturated heterocycles. The zero-order valence-electron chi connectivity index (χ0n) is 14.3. The molecule has 1 heterocycles. The van der Waals surface area contributed by atoms with Crippen molar-refractivity contribution in [3.63, 3.8) is 0 Å². The van der Waals surface area contributed by atoms with E-state index in [0.717, 1.165) is 18.4 Å². The number of benzene rings is 2. The molecule has 0 aromatic heterocycles. The van der Waals surface area contributed by atoms with E-state index in [-0.39, 0.29) is 11.7 Å². The van der Waals surface area contributed by atoms with Gasteiger partial charge in [0.1, 0.15) is 0 Å². The lowest BCUT2D eigenvalue weighted by molar-refractivity contribution is 0.174. The summed E-state index contributed by atoms with van der Waals surface area (Å²) >= 11 is 0. The van der Waals surface area contributed by atoms with Crippen LogP contribution >= 0.6 is 0 Å². The van der Waals surface area contributed by atoms with Crippen LogP contribution in [0.1, 0.15) is 38.2 Å². The van der Waals surface area contributed by atoms with Gasteiger partial charge in [0.05, 0.1) is 10.6 Å². The Kier molecular flexibility index (Phi) is 5.48. The van der Waals surface area contributed by atoms with Crippen molar-refractivity contribution in [2.45, 2.75) is 43.9 Å². The smallest absolute Gasteiger partial charge is 0.261 e. The lowest BCUT2D eigenvalue weighted by Crippen LogP contribution is -2.12. The fourth-order valence-corrected chi connectivity index (χ4v) is 3.81. The first-order valence-electron chi connectivity index (χ1n) is 8.60. The number of hydrogen-bond donors (Lipinski definition) is 1. The Balaban J connectivity index is 1.65. The standard InChI is InChI=1S/C19H23NO4S/c1-2-3-4-5-6-15-7-10-17(11-8-15)25(21,22)20-16-9-12-18-19(13-16)24-14-23-18/h7-13,20H,2-6,14H2,1H3. The summed E-state index contributed by atoms with van der Waals surface area (Å²) in [6.45, 7) is 2.35. The van der Waals surface area contributed by atoms with Gasteiger partial charge in [0.25, 0.3) is 10.0 Å². The van der Waals surface area contributed by atoms with Crippen molar-refractivity contribution in [1.29, 1.82) is 0 Å². The molecule has 1 aliphatic rings.